The maximum Gasteiger partial charge on any atom is 0.221 e. The molecule has 1 N–H and O–H groups in total. The Morgan fingerprint density at radius 3 is 2.73 bits per heavy atom. The fourth-order valence-electron chi connectivity index (χ4n) is 1.14. The van der Waals surface area contributed by atoms with Crippen LogP contribution in [-0.2, 0) is 4.79 Å². The molecule has 78 valence electrons. The number of methoxy groups -OCH3 is 1. The molecule has 0 saturated carbocycles. The molecule has 1 amide bonds. The van der Waals surface area contributed by atoms with Gasteiger partial charge in [0.1, 0.15) is 17.5 Å². The van der Waals surface area contributed by atoms with Crippen LogP contribution in [0.2, 0.25) is 0 Å². The molecule has 0 fully saturated rings. The summed E-state index contributed by atoms with van der Waals surface area (Å²) < 4.78 is 5.68. The quantitative estimate of drug-likeness (QED) is 0.895. The molecular weight excluding hydrogens is 260 g/mol. The van der Waals surface area contributed by atoms with Crippen molar-refractivity contribution in [2.75, 3.05) is 12.4 Å². The van der Waals surface area contributed by atoms with Gasteiger partial charge in [0.05, 0.1) is 12.7 Å². The molecule has 0 saturated heterocycles. The van der Waals surface area contributed by atoms with Gasteiger partial charge in [-0.2, -0.15) is 5.26 Å². The van der Waals surface area contributed by atoms with E-state index in [0.29, 0.717) is 21.5 Å². The maximum atomic E-state index is 11.0. The molecular formula is C10H9BrN2O2. The number of halogens is 1. The molecule has 0 heterocycles. The van der Waals surface area contributed by atoms with Crippen LogP contribution < -0.4 is 10.1 Å². The van der Waals surface area contributed by atoms with Crippen molar-refractivity contribution in [3.63, 3.8) is 0 Å². The first-order chi connectivity index (χ1) is 7.10. The van der Waals surface area contributed by atoms with Gasteiger partial charge < -0.3 is 10.1 Å². The minimum Gasteiger partial charge on any atom is -0.495 e. The van der Waals surface area contributed by atoms with E-state index in [0.717, 1.165) is 0 Å². The lowest BCUT2D eigenvalue weighted by molar-refractivity contribution is -0.114. The molecule has 0 aliphatic heterocycles. The Morgan fingerprint density at radius 2 is 2.27 bits per heavy atom. The Morgan fingerprint density at radius 1 is 1.60 bits per heavy atom. The SMILES string of the molecule is COc1ccc(Br)c(C#N)c1NC(C)=O. The number of nitrogens with one attached hydrogen (secondary N) is 1. The van der Waals surface area contributed by atoms with Crippen LogP contribution in [0, 0.1) is 11.3 Å². The monoisotopic (exact) mass is 268 g/mol. The van der Waals surface area contributed by atoms with E-state index in [9.17, 15) is 4.79 Å². The molecule has 0 aliphatic rings. The number of anilines is 1. The molecule has 1 rings (SSSR count). The highest BCUT2D eigenvalue weighted by Gasteiger charge is 2.13. The van der Waals surface area contributed by atoms with Gasteiger partial charge in [0, 0.05) is 11.4 Å². The predicted octanol–water partition coefficient (Wildman–Crippen LogP) is 2.29. The van der Waals surface area contributed by atoms with Crippen LogP contribution in [0.5, 0.6) is 5.75 Å². The second-order valence-corrected chi connectivity index (χ2v) is 3.65. The fraction of sp³-hybridized carbons (Fsp3) is 0.200. The number of ether oxygens (including phenoxy) is 1. The van der Waals surface area contributed by atoms with E-state index in [-0.39, 0.29) is 5.91 Å². The van der Waals surface area contributed by atoms with Crippen LogP contribution in [-0.4, -0.2) is 13.0 Å². The smallest absolute Gasteiger partial charge is 0.221 e. The second-order valence-electron chi connectivity index (χ2n) is 2.79. The van der Waals surface area contributed by atoms with Crippen LogP contribution in [0.15, 0.2) is 16.6 Å². The standard InChI is InChI=1S/C10H9BrN2O2/c1-6(14)13-10-7(5-12)8(11)3-4-9(10)15-2/h3-4H,1-2H3,(H,13,14). The average molecular weight is 269 g/mol. The Bertz CT molecular complexity index is 438. The summed E-state index contributed by atoms with van der Waals surface area (Å²) in [6.45, 7) is 1.38. The zero-order valence-electron chi connectivity index (χ0n) is 8.30. The van der Waals surface area contributed by atoms with Gasteiger partial charge in [-0.15, -0.1) is 0 Å². The van der Waals surface area contributed by atoms with E-state index in [1.807, 2.05) is 6.07 Å². The molecule has 0 spiro atoms. The van der Waals surface area contributed by atoms with Gasteiger partial charge in [0.15, 0.2) is 0 Å². The van der Waals surface area contributed by atoms with Gasteiger partial charge in [0.25, 0.3) is 0 Å². The third-order valence-corrected chi connectivity index (χ3v) is 2.41. The molecule has 1 aromatic carbocycles. The summed E-state index contributed by atoms with van der Waals surface area (Å²) in [7, 11) is 1.48. The molecule has 1 aromatic rings. The largest absolute Gasteiger partial charge is 0.495 e. The summed E-state index contributed by atoms with van der Waals surface area (Å²) in [5.41, 5.74) is 0.742. The number of nitriles is 1. The van der Waals surface area contributed by atoms with E-state index in [1.54, 1.807) is 12.1 Å². The van der Waals surface area contributed by atoms with E-state index >= 15 is 0 Å². The Balaban J connectivity index is 3.35. The average Bonchev–Trinajstić information content (AvgIpc) is 2.18. The van der Waals surface area contributed by atoms with E-state index in [2.05, 4.69) is 21.2 Å². The summed E-state index contributed by atoms with van der Waals surface area (Å²) in [5.74, 6) is 0.216. The Hall–Kier alpha value is -1.54. The van der Waals surface area contributed by atoms with Gasteiger partial charge in [0.2, 0.25) is 5.91 Å². The highest BCUT2D eigenvalue weighted by molar-refractivity contribution is 9.10. The third-order valence-electron chi connectivity index (χ3n) is 1.75. The molecule has 0 atom stereocenters. The molecule has 0 bridgehead atoms. The second kappa shape index (κ2) is 4.80. The number of hydrogen-bond donors (Lipinski definition) is 1. The summed E-state index contributed by atoms with van der Waals surface area (Å²) in [4.78, 5) is 11.0. The summed E-state index contributed by atoms with van der Waals surface area (Å²) in [6, 6.07) is 5.38. The lowest BCUT2D eigenvalue weighted by atomic mass is 10.2. The van der Waals surface area contributed by atoms with Gasteiger partial charge in [-0.3, -0.25) is 4.79 Å². The molecule has 0 aromatic heterocycles. The van der Waals surface area contributed by atoms with E-state index < -0.39 is 0 Å². The first kappa shape index (κ1) is 11.5. The number of benzene rings is 1. The van der Waals surface area contributed by atoms with Crippen molar-refractivity contribution >= 4 is 27.5 Å². The molecule has 4 nitrogen and oxygen atoms in total. The lowest BCUT2D eigenvalue weighted by Gasteiger charge is -2.11. The fourth-order valence-corrected chi connectivity index (χ4v) is 1.56. The van der Waals surface area contributed by atoms with Crippen molar-refractivity contribution in [1.82, 2.24) is 0 Å². The van der Waals surface area contributed by atoms with Gasteiger partial charge >= 0.3 is 0 Å². The van der Waals surface area contributed by atoms with Crippen LogP contribution >= 0.6 is 15.9 Å². The number of hydrogen-bond acceptors (Lipinski definition) is 3. The molecule has 15 heavy (non-hydrogen) atoms. The van der Waals surface area contributed by atoms with Gasteiger partial charge in [-0.05, 0) is 28.1 Å². The number of carbonyl (C=O) groups excluding carboxylic acids is 1. The molecule has 5 heteroatoms. The normalized spacial score (nSPS) is 9.20. The summed E-state index contributed by atoms with van der Waals surface area (Å²) in [5, 5.41) is 11.5. The number of nitrogens with zero attached hydrogens (tertiary/aromatic N) is 1. The zero-order valence-corrected chi connectivity index (χ0v) is 9.88. The summed E-state index contributed by atoms with van der Waals surface area (Å²) >= 11 is 3.23. The number of carbonyl (C=O) groups is 1. The van der Waals surface area contributed by atoms with Gasteiger partial charge in [-0.1, -0.05) is 0 Å². The number of rotatable bonds is 2. The van der Waals surface area contributed by atoms with Gasteiger partial charge in [-0.25, -0.2) is 0 Å². The Labute approximate surface area is 96.0 Å². The van der Waals surface area contributed by atoms with Crippen molar-refractivity contribution in [1.29, 1.82) is 5.26 Å². The third kappa shape index (κ3) is 2.48. The van der Waals surface area contributed by atoms with Crippen molar-refractivity contribution < 1.29 is 9.53 Å². The highest BCUT2D eigenvalue weighted by Crippen LogP contribution is 2.33. The Kier molecular flexibility index (Phi) is 3.69. The first-order valence-corrected chi connectivity index (χ1v) is 4.93. The van der Waals surface area contributed by atoms with Crippen molar-refractivity contribution in [3.8, 4) is 11.8 Å². The minimum atomic E-state index is -0.247. The van der Waals surface area contributed by atoms with Crippen LogP contribution in [0.3, 0.4) is 0 Å². The van der Waals surface area contributed by atoms with E-state index in [1.165, 1.54) is 14.0 Å². The maximum absolute atomic E-state index is 11.0. The zero-order chi connectivity index (χ0) is 11.4. The highest BCUT2D eigenvalue weighted by atomic mass is 79.9. The molecule has 0 radical (unpaired) electrons. The lowest BCUT2D eigenvalue weighted by Crippen LogP contribution is -2.09. The molecule has 0 aliphatic carbocycles. The minimum absolute atomic E-state index is 0.247. The van der Waals surface area contributed by atoms with Crippen molar-refractivity contribution in [3.05, 3.63) is 22.2 Å². The summed E-state index contributed by atoms with van der Waals surface area (Å²) in [6.07, 6.45) is 0. The van der Waals surface area contributed by atoms with Crippen LogP contribution in [0.25, 0.3) is 0 Å². The number of amides is 1. The topological polar surface area (TPSA) is 62.1 Å². The van der Waals surface area contributed by atoms with Crippen molar-refractivity contribution in [2.45, 2.75) is 6.92 Å². The first-order valence-electron chi connectivity index (χ1n) is 4.14. The predicted molar refractivity (Wildman–Crippen MR) is 59.7 cm³/mol. The van der Waals surface area contributed by atoms with Crippen LogP contribution in [0.4, 0.5) is 5.69 Å². The van der Waals surface area contributed by atoms with Crippen molar-refractivity contribution in [2.24, 2.45) is 0 Å². The van der Waals surface area contributed by atoms with E-state index in [4.69, 9.17) is 10.00 Å². The molecule has 0 unspecified atom stereocenters. The van der Waals surface area contributed by atoms with Crippen LogP contribution in [0.1, 0.15) is 12.5 Å².